The molecular weight excluding hydrogens is 997 g/mol. The lowest BCUT2D eigenvalue weighted by Gasteiger charge is -2.39. The Bertz CT molecular complexity index is 2790. The van der Waals surface area contributed by atoms with Gasteiger partial charge in [-0.2, -0.15) is 0 Å². The summed E-state index contributed by atoms with van der Waals surface area (Å²) in [6.45, 7) is 24.1. The Labute approximate surface area is 469 Å². The molecule has 6 atom stereocenters. The smallest absolute Gasteiger partial charge is 0.410 e. The number of benzene rings is 1. The van der Waals surface area contributed by atoms with E-state index >= 15 is 9.59 Å². The van der Waals surface area contributed by atoms with Crippen molar-refractivity contribution in [3.05, 3.63) is 53.4 Å². The molecule has 11 rings (SSSR count). The largest absolute Gasteiger partial charge is 0.464 e. The third kappa shape index (κ3) is 12.0. The van der Waals surface area contributed by atoms with Crippen molar-refractivity contribution in [3.8, 4) is 11.3 Å². The van der Waals surface area contributed by atoms with E-state index in [-0.39, 0.29) is 47.9 Å². The summed E-state index contributed by atoms with van der Waals surface area (Å²) < 4.78 is 20.6. The summed E-state index contributed by atoms with van der Waals surface area (Å²) >= 11 is 0. The van der Waals surface area contributed by atoms with Crippen LogP contribution in [0, 0.1) is 16.7 Å². The molecule has 6 aliphatic heterocycles. The molecule has 2 aliphatic carbocycles. The van der Waals surface area contributed by atoms with E-state index in [1.807, 2.05) is 31.9 Å². The molecule has 2 saturated carbocycles. The number of carbonyl (C=O) groups is 4. The minimum atomic E-state index is -0.869. The first kappa shape index (κ1) is 55.8. The van der Waals surface area contributed by atoms with Gasteiger partial charge in [0, 0.05) is 119 Å². The van der Waals surface area contributed by atoms with Gasteiger partial charge in [0.15, 0.2) is 0 Å². The van der Waals surface area contributed by atoms with E-state index < -0.39 is 29.1 Å². The zero-order valence-corrected chi connectivity index (χ0v) is 48.7. The summed E-state index contributed by atoms with van der Waals surface area (Å²) in [5.74, 6) is -0.563. The minimum absolute atomic E-state index is 0.108. The minimum Gasteiger partial charge on any atom is -0.464 e. The van der Waals surface area contributed by atoms with E-state index in [1.165, 1.54) is 24.0 Å². The van der Waals surface area contributed by atoms with Crippen molar-refractivity contribution in [2.75, 3.05) is 97.2 Å². The molecule has 17 heteroatoms. The maximum atomic E-state index is 15.3. The molecule has 1 aromatic carbocycles. The number of piperazine rings is 1. The van der Waals surface area contributed by atoms with Crippen molar-refractivity contribution >= 4 is 46.0 Å². The van der Waals surface area contributed by atoms with Crippen LogP contribution in [0.15, 0.2) is 36.5 Å². The number of hydrogen-bond donors (Lipinski definition) is 2. The summed E-state index contributed by atoms with van der Waals surface area (Å²) in [7, 11) is 1.75. The summed E-state index contributed by atoms with van der Waals surface area (Å²) in [6, 6.07) is 8.02. The van der Waals surface area contributed by atoms with Gasteiger partial charge in [0.2, 0.25) is 5.91 Å². The highest BCUT2D eigenvalue weighted by molar-refractivity contribution is 5.95. The van der Waals surface area contributed by atoms with Gasteiger partial charge >= 0.3 is 12.1 Å². The third-order valence-electron chi connectivity index (χ3n) is 18.8. The van der Waals surface area contributed by atoms with Gasteiger partial charge in [0.25, 0.3) is 5.91 Å². The normalized spacial score (nSPS) is 27.5. The summed E-state index contributed by atoms with van der Waals surface area (Å²) in [5, 5.41) is 6.15. The monoisotopic (exact) mass is 1090 g/mol. The third-order valence-corrected chi connectivity index (χ3v) is 18.8. The van der Waals surface area contributed by atoms with Gasteiger partial charge in [-0.3, -0.25) is 39.1 Å². The highest BCUT2D eigenvalue weighted by atomic mass is 16.6. The highest BCUT2D eigenvalue weighted by Crippen LogP contribution is 2.45. The second kappa shape index (κ2) is 22.7. The number of carbonyl (C=O) groups excluding carboxylic acids is 4. The molecule has 2 N–H and O–H groups in total. The Kier molecular flexibility index (Phi) is 16.0. The molecule has 6 bridgehead atoms. The summed E-state index contributed by atoms with van der Waals surface area (Å²) in [5.41, 5.74) is 11.0. The topological polar surface area (TPSA) is 157 Å². The fourth-order valence-electron chi connectivity index (χ4n) is 14.5. The van der Waals surface area contributed by atoms with Crippen molar-refractivity contribution in [3.63, 3.8) is 0 Å². The zero-order valence-electron chi connectivity index (χ0n) is 48.7. The number of nitrogens with one attached hydrogen (secondary N) is 2. The van der Waals surface area contributed by atoms with Crippen molar-refractivity contribution in [1.82, 2.24) is 44.9 Å². The van der Waals surface area contributed by atoms with E-state index in [1.54, 1.807) is 12.1 Å². The molecule has 8 aliphatic rings. The number of amides is 3. The molecule has 17 nitrogen and oxygen atoms in total. The number of anilines is 1. The van der Waals surface area contributed by atoms with Crippen LogP contribution in [-0.2, 0) is 41.6 Å². The fraction of sp³-hybridized carbons (Fsp3) is 0.694. The number of hydrazine groups is 1. The molecule has 2 aromatic heterocycles. The first-order chi connectivity index (χ1) is 37.9. The van der Waals surface area contributed by atoms with E-state index in [0.29, 0.717) is 52.0 Å². The number of aromatic nitrogens is 2. The molecule has 6 fully saturated rings. The summed E-state index contributed by atoms with van der Waals surface area (Å²) in [4.78, 5) is 74.9. The van der Waals surface area contributed by atoms with E-state index in [2.05, 4.69) is 92.9 Å². The fourth-order valence-corrected chi connectivity index (χ4v) is 14.5. The first-order valence-electron chi connectivity index (χ1n) is 30.2. The van der Waals surface area contributed by atoms with Crippen molar-refractivity contribution in [2.45, 2.75) is 168 Å². The molecular formula is C62H90N10O7. The van der Waals surface area contributed by atoms with Crippen LogP contribution in [0.4, 0.5) is 10.5 Å². The molecule has 3 aromatic rings. The predicted molar refractivity (Wildman–Crippen MR) is 307 cm³/mol. The van der Waals surface area contributed by atoms with Crippen LogP contribution in [0.5, 0.6) is 0 Å². The van der Waals surface area contributed by atoms with Crippen LogP contribution >= 0.6 is 0 Å². The molecule has 8 heterocycles. The Morgan fingerprint density at radius 2 is 1.71 bits per heavy atom. The maximum Gasteiger partial charge on any atom is 0.410 e. The average Bonchev–Trinajstić information content (AvgIpc) is 3.91. The lowest BCUT2D eigenvalue weighted by atomic mass is 9.84. The lowest BCUT2D eigenvalue weighted by Crippen LogP contribution is -2.63. The Morgan fingerprint density at radius 3 is 2.44 bits per heavy atom. The second-order valence-corrected chi connectivity index (χ2v) is 26.5. The van der Waals surface area contributed by atoms with Crippen molar-refractivity contribution in [2.24, 2.45) is 16.7 Å². The van der Waals surface area contributed by atoms with E-state index in [0.717, 1.165) is 142 Å². The first-order valence-corrected chi connectivity index (χ1v) is 30.2. The van der Waals surface area contributed by atoms with Gasteiger partial charge in [-0.15, -0.1) is 0 Å². The number of rotatable bonds is 10. The number of likely N-dealkylation sites (tertiary alicyclic amines) is 2. The maximum absolute atomic E-state index is 15.3. The molecule has 79 heavy (non-hydrogen) atoms. The van der Waals surface area contributed by atoms with Crippen LogP contribution < -0.4 is 15.6 Å². The number of aryl methyl sites for hydroxylation is 1. The second-order valence-electron chi connectivity index (χ2n) is 26.5. The predicted octanol–water partition coefficient (Wildman–Crippen LogP) is 7.80. The van der Waals surface area contributed by atoms with E-state index in [9.17, 15) is 9.59 Å². The van der Waals surface area contributed by atoms with Gasteiger partial charge in [-0.05, 0) is 146 Å². The molecule has 1 unspecified atom stereocenters. The number of methoxy groups -OCH3 is 1. The summed E-state index contributed by atoms with van der Waals surface area (Å²) in [6.07, 6.45) is 14.9. The van der Waals surface area contributed by atoms with Gasteiger partial charge in [0.1, 0.15) is 17.7 Å². The van der Waals surface area contributed by atoms with Crippen LogP contribution in [0.25, 0.3) is 27.7 Å². The molecule has 0 radical (unpaired) electrons. The van der Waals surface area contributed by atoms with Crippen LogP contribution in [0.2, 0.25) is 0 Å². The van der Waals surface area contributed by atoms with Gasteiger partial charge in [-0.25, -0.2) is 10.2 Å². The molecule has 3 amide bonds. The zero-order chi connectivity index (χ0) is 55.4. The Hall–Kier alpha value is -5.07. The molecule has 4 saturated heterocycles. The molecule has 1 spiro atoms. The Balaban J connectivity index is 0.918. The standard InChI is InChI=1S/C62H90N10O7/c1-9-71-52-21-18-43-32-47(52)49(55(71)48-33-46(35-63-53(48)41(2)77-8)68-30-28-67(29-31-68)45-19-20-45)34-61(6,7)40-78-58(75)50-17-13-25-72(65-50)57(74)51(37-66-24-12-16-44(43)36-66)64-56(73)54(42-14-10-11-15-42)69-26-22-62(38-69)23-27-70(39-62)59(76)79-60(3,4)5/h16,18,21,32-33,35,41-42,45,50-51,54,65H,9-15,17,19-20,22-31,34,36-40H2,1-8H3,(H,64,73)/t41-,50-,51-,54-,62-/m0/s1. The number of nitrogens with zero attached hydrogens (tertiary/aromatic N) is 8. The van der Waals surface area contributed by atoms with Crippen LogP contribution in [0.1, 0.15) is 142 Å². The Morgan fingerprint density at radius 1 is 0.937 bits per heavy atom. The highest BCUT2D eigenvalue weighted by Gasteiger charge is 2.50. The SMILES string of the molecule is CCn1c(-c2cc(N3CCN(C4CC4)CC3)cnc2[C@H](C)OC)c2c3cc(ccc31)C1=CCCN(C1)C[C@H](NC(=O)[C@H](C1CCCC1)N1CC[C@]3(CCN(C(=O)OC(C)(C)C)C3)C1)C(=O)N1CCC[C@H](N1)C(=O)OCC(C)(C)C2. The number of esters is 1. The van der Waals surface area contributed by atoms with Crippen LogP contribution in [0.3, 0.4) is 0 Å². The number of cyclic esters (lactones) is 1. The van der Waals surface area contributed by atoms with E-state index in [4.69, 9.17) is 19.2 Å². The number of pyridine rings is 1. The molecule has 430 valence electrons. The quantitative estimate of drug-likeness (QED) is 0.190. The number of fused-ring (bicyclic) bond motifs is 6. The number of ether oxygens (including phenoxy) is 3. The number of hydrogen-bond acceptors (Lipinski definition) is 13. The van der Waals surface area contributed by atoms with Crippen molar-refractivity contribution in [1.29, 1.82) is 0 Å². The lowest BCUT2D eigenvalue weighted by molar-refractivity contribution is -0.155. The van der Waals surface area contributed by atoms with Crippen molar-refractivity contribution < 1.29 is 33.4 Å². The van der Waals surface area contributed by atoms with Gasteiger partial charge < -0.3 is 33.9 Å². The van der Waals surface area contributed by atoms with Gasteiger partial charge in [0.05, 0.1) is 42.0 Å². The van der Waals surface area contributed by atoms with Gasteiger partial charge in [-0.1, -0.05) is 38.8 Å². The van der Waals surface area contributed by atoms with Crippen LogP contribution in [-0.4, -0.2) is 180 Å². The average molecular weight is 1090 g/mol.